The van der Waals surface area contributed by atoms with Crippen LogP contribution in [0.15, 0.2) is 67.0 Å². The maximum Gasteiger partial charge on any atom is 0.180 e. The minimum Gasteiger partial charge on any atom is -0.340 e. The Hall–Kier alpha value is -3.05. The molecule has 6 heteroatoms. The first kappa shape index (κ1) is 14.5. The quantitative estimate of drug-likeness (QED) is 0.560. The Kier molecular flexibility index (Phi) is 3.76. The molecule has 0 fully saturated rings. The predicted octanol–water partition coefficient (Wildman–Crippen LogP) is 4.48. The van der Waals surface area contributed by atoms with Gasteiger partial charge in [-0.25, -0.2) is 15.0 Å². The summed E-state index contributed by atoms with van der Waals surface area (Å²) in [6.07, 6.45) is 3.45. The highest BCUT2D eigenvalue weighted by atomic mass is 35.5. The van der Waals surface area contributed by atoms with Crippen LogP contribution in [-0.4, -0.2) is 19.9 Å². The number of benzene rings is 1. The van der Waals surface area contributed by atoms with E-state index in [1.54, 1.807) is 18.5 Å². The van der Waals surface area contributed by atoms with Crippen LogP contribution in [0.4, 0.5) is 11.5 Å². The molecule has 0 radical (unpaired) electrons. The van der Waals surface area contributed by atoms with E-state index in [1.165, 1.54) is 0 Å². The van der Waals surface area contributed by atoms with Crippen molar-refractivity contribution in [3.05, 3.63) is 72.1 Å². The zero-order chi connectivity index (χ0) is 16.4. The summed E-state index contributed by atoms with van der Waals surface area (Å²) in [7, 11) is 0. The van der Waals surface area contributed by atoms with Crippen molar-refractivity contribution in [2.75, 3.05) is 5.32 Å². The zero-order valence-corrected chi connectivity index (χ0v) is 13.3. The van der Waals surface area contributed by atoms with Gasteiger partial charge in [0.25, 0.3) is 0 Å². The van der Waals surface area contributed by atoms with Crippen molar-refractivity contribution >= 4 is 34.0 Å². The van der Waals surface area contributed by atoms with Crippen molar-refractivity contribution in [3.63, 3.8) is 0 Å². The molecule has 0 aliphatic rings. The molecule has 4 aromatic rings. The van der Waals surface area contributed by atoms with Crippen molar-refractivity contribution in [2.24, 2.45) is 0 Å². The lowest BCUT2D eigenvalue weighted by Gasteiger charge is -2.10. The second-order valence-corrected chi connectivity index (χ2v) is 5.51. The summed E-state index contributed by atoms with van der Waals surface area (Å²) < 4.78 is 0. The molecule has 0 saturated carbocycles. The molecule has 1 aromatic carbocycles. The third-order valence-corrected chi connectivity index (χ3v) is 3.70. The first-order valence-electron chi connectivity index (χ1n) is 7.36. The van der Waals surface area contributed by atoms with Gasteiger partial charge in [0.1, 0.15) is 16.7 Å². The highest BCUT2D eigenvalue weighted by Crippen LogP contribution is 2.26. The third-order valence-electron chi connectivity index (χ3n) is 3.49. The second-order valence-electron chi connectivity index (χ2n) is 5.12. The van der Waals surface area contributed by atoms with Gasteiger partial charge < -0.3 is 5.32 Å². The first-order chi connectivity index (χ1) is 11.8. The average molecular weight is 334 g/mol. The van der Waals surface area contributed by atoms with E-state index in [2.05, 4.69) is 25.3 Å². The molecule has 0 unspecified atom stereocenters. The molecule has 4 rings (SSSR count). The number of hydrogen-bond acceptors (Lipinski definition) is 5. The first-order valence-corrected chi connectivity index (χ1v) is 7.74. The van der Waals surface area contributed by atoms with Gasteiger partial charge in [0.05, 0.1) is 5.52 Å². The number of nitrogens with one attached hydrogen (secondary N) is 1. The fraction of sp³-hybridized carbons (Fsp3) is 0. The molecule has 1 N–H and O–H groups in total. The molecule has 0 amide bonds. The normalized spacial score (nSPS) is 10.7. The average Bonchev–Trinajstić information content (AvgIpc) is 2.62. The number of anilines is 2. The van der Waals surface area contributed by atoms with Crippen LogP contribution in [0.2, 0.25) is 5.15 Å². The summed E-state index contributed by atoms with van der Waals surface area (Å²) in [6.45, 7) is 0. The second kappa shape index (κ2) is 6.22. The summed E-state index contributed by atoms with van der Waals surface area (Å²) in [5, 5.41) is 4.66. The number of hydrogen-bond donors (Lipinski definition) is 1. The molecule has 24 heavy (non-hydrogen) atoms. The highest BCUT2D eigenvalue weighted by molar-refractivity contribution is 6.29. The van der Waals surface area contributed by atoms with Crippen molar-refractivity contribution in [2.45, 2.75) is 0 Å². The summed E-state index contributed by atoms with van der Waals surface area (Å²) in [5.41, 5.74) is 2.37. The monoisotopic (exact) mass is 333 g/mol. The number of nitrogens with zero attached hydrogens (tertiary/aromatic N) is 4. The van der Waals surface area contributed by atoms with E-state index in [1.807, 2.05) is 48.5 Å². The fourth-order valence-electron chi connectivity index (χ4n) is 2.39. The molecule has 0 aliphatic heterocycles. The molecule has 3 aromatic heterocycles. The SMILES string of the molecule is Clc1cccc(-c2nc(Nc3ccncc3)c3ccccc3n2)n1. The Morgan fingerprint density at radius 1 is 0.792 bits per heavy atom. The number of halogens is 1. The van der Waals surface area contributed by atoms with E-state index >= 15 is 0 Å². The molecule has 0 atom stereocenters. The van der Waals surface area contributed by atoms with Crippen LogP contribution in [0.25, 0.3) is 22.4 Å². The van der Waals surface area contributed by atoms with Gasteiger partial charge in [-0.2, -0.15) is 0 Å². The lowest BCUT2D eigenvalue weighted by molar-refractivity contribution is 1.17. The molecule has 3 heterocycles. The van der Waals surface area contributed by atoms with Gasteiger partial charge in [-0.05, 0) is 36.4 Å². The van der Waals surface area contributed by atoms with Crippen LogP contribution >= 0.6 is 11.6 Å². The minimum atomic E-state index is 0.410. The molecule has 116 valence electrons. The number of pyridine rings is 2. The Labute approximate surface area is 143 Å². The van der Waals surface area contributed by atoms with Crippen LogP contribution in [0, 0.1) is 0 Å². The van der Waals surface area contributed by atoms with Gasteiger partial charge >= 0.3 is 0 Å². The summed E-state index contributed by atoms with van der Waals surface area (Å²) >= 11 is 5.99. The molecule has 0 bridgehead atoms. The van der Waals surface area contributed by atoms with Gasteiger partial charge in [-0.1, -0.05) is 29.8 Å². The minimum absolute atomic E-state index is 0.410. The fourth-order valence-corrected chi connectivity index (χ4v) is 2.55. The Balaban J connectivity index is 1.88. The van der Waals surface area contributed by atoms with Gasteiger partial charge in [-0.3, -0.25) is 4.98 Å². The zero-order valence-electron chi connectivity index (χ0n) is 12.5. The van der Waals surface area contributed by atoms with Crippen LogP contribution in [0.5, 0.6) is 0 Å². The molecule has 5 nitrogen and oxygen atoms in total. The lowest BCUT2D eigenvalue weighted by Crippen LogP contribution is -2.00. The number of aromatic nitrogens is 4. The highest BCUT2D eigenvalue weighted by Gasteiger charge is 2.10. The number of para-hydroxylation sites is 1. The Bertz CT molecular complexity index is 1000. The van der Waals surface area contributed by atoms with E-state index in [-0.39, 0.29) is 0 Å². The van der Waals surface area contributed by atoms with Crippen LogP contribution < -0.4 is 5.32 Å². The summed E-state index contributed by atoms with van der Waals surface area (Å²) in [6, 6.07) is 17.0. The Morgan fingerprint density at radius 3 is 2.46 bits per heavy atom. The van der Waals surface area contributed by atoms with E-state index in [0.717, 1.165) is 16.6 Å². The van der Waals surface area contributed by atoms with Gasteiger partial charge in [0.15, 0.2) is 5.82 Å². The van der Waals surface area contributed by atoms with E-state index in [9.17, 15) is 0 Å². The van der Waals surface area contributed by atoms with Gasteiger partial charge in [0, 0.05) is 23.5 Å². The van der Waals surface area contributed by atoms with Crippen molar-refractivity contribution in [3.8, 4) is 11.5 Å². The van der Waals surface area contributed by atoms with Crippen LogP contribution in [-0.2, 0) is 0 Å². The van der Waals surface area contributed by atoms with Gasteiger partial charge in [-0.15, -0.1) is 0 Å². The predicted molar refractivity (Wildman–Crippen MR) is 95.3 cm³/mol. The van der Waals surface area contributed by atoms with Gasteiger partial charge in [0.2, 0.25) is 0 Å². The topological polar surface area (TPSA) is 63.6 Å². The van der Waals surface area contributed by atoms with Crippen molar-refractivity contribution in [1.29, 1.82) is 0 Å². The molecule has 0 aliphatic carbocycles. The summed E-state index contributed by atoms with van der Waals surface area (Å²) in [4.78, 5) is 17.6. The largest absolute Gasteiger partial charge is 0.340 e. The summed E-state index contributed by atoms with van der Waals surface area (Å²) in [5.74, 6) is 1.23. The standard InChI is InChI=1S/C18H12ClN5/c19-16-7-3-6-15(22-16)18-23-14-5-2-1-4-13(14)17(24-18)21-12-8-10-20-11-9-12/h1-11H,(H,20,21,23,24). The number of fused-ring (bicyclic) bond motifs is 1. The number of rotatable bonds is 3. The smallest absolute Gasteiger partial charge is 0.180 e. The van der Waals surface area contributed by atoms with E-state index in [0.29, 0.717) is 22.5 Å². The molecular weight excluding hydrogens is 322 g/mol. The maximum atomic E-state index is 5.99. The molecular formula is C18H12ClN5. The molecule has 0 saturated heterocycles. The van der Waals surface area contributed by atoms with E-state index < -0.39 is 0 Å². The Morgan fingerprint density at radius 2 is 1.62 bits per heavy atom. The van der Waals surface area contributed by atoms with Crippen LogP contribution in [0.3, 0.4) is 0 Å². The van der Waals surface area contributed by atoms with Crippen molar-refractivity contribution < 1.29 is 0 Å². The van der Waals surface area contributed by atoms with E-state index in [4.69, 9.17) is 11.6 Å². The van der Waals surface area contributed by atoms with Crippen molar-refractivity contribution in [1.82, 2.24) is 19.9 Å². The lowest BCUT2D eigenvalue weighted by atomic mass is 10.2. The third kappa shape index (κ3) is 2.89. The van der Waals surface area contributed by atoms with Crippen LogP contribution in [0.1, 0.15) is 0 Å². The maximum absolute atomic E-state index is 5.99. The molecule has 0 spiro atoms.